The van der Waals surface area contributed by atoms with Gasteiger partial charge in [0.15, 0.2) is 11.4 Å². The van der Waals surface area contributed by atoms with Gasteiger partial charge in [-0.25, -0.2) is 0 Å². The number of piperidine rings is 1. The second-order valence-corrected chi connectivity index (χ2v) is 18.0. The van der Waals surface area contributed by atoms with E-state index in [4.69, 9.17) is 28.9 Å². The van der Waals surface area contributed by atoms with Crippen molar-refractivity contribution < 1.29 is 53.8 Å². The van der Waals surface area contributed by atoms with Crippen LogP contribution in [0.15, 0.2) is 46.1 Å². The molecule has 0 aromatic heterocycles. The van der Waals surface area contributed by atoms with E-state index in [9.17, 15) is 34.8 Å². The van der Waals surface area contributed by atoms with E-state index in [-0.39, 0.29) is 55.4 Å². The molecule has 5 N–H and O–H groups in total. The van der Waals surface area contributed by atoms with Crippen LogP contribution in [0.3, 0.4) is 0 Å². The van der Waals surface area contributed by atoms with Gasteiger partial charge in [-0.1, -0.05) is 59.8 Å². The molecule has 6 rings (SSSR count). The Balaban J connectivity index is 1.54. The van der Waals surface area contributed by atoms with Crippen molar-refractivity contribution >= 4 is 34.1 Å². The van der Waals surface area contributed by atoms with Crippen LogP contribution in [0.2, 0.25) is 0 Å². The van der Waals surface area contributed by atoms with Crippen LogP contribution >= 0.6 is 0 Å². The van der Waals surface area contributed by atoms with Crippen molar-refractivity contribution in [3.8, 4) is 17.2 Å². The molecular formula is C46H62N4O11. The third-order valence-electron chi connectivity index (χ3n) is 12.9. The van der Waals surface area contributed by atoms with Gasteiger partial charge < -0.3 is 49.6 Å². The molecule has 4 aliphatic rings. The summed E-state index contributed by atoms with van der Waals surface area (Å²) in [6, 6.07) is 0. The molecule has 0 aliphatic carbocycles. The number of carbonyl (C=O) groups excluding carboxylic acids is 3. The number of hydrogen-bond acceptors (Lipinski definition) is 14. The van der Waals surface area contributed by atoms with Crippen LogP contribution < -0.4 is 20.8 Å². The molecule has 0 unspecified atom stereocenters. The summed E-state index contributed by atoms with van der Waals surface area (Å²) >= 11 is 0. The molecule has 0 radical (unpaired) electrons. The van der Waals surface area contributed by atoms with E-state index >= 15 is 0 Å². The maximum Gasteiger partial charge on any atom is 0.312 e. The summed E-state index contributed by atoms with van der Waals surface area (Å²) in [5.41, 5.74) is -0.572. The summed E-state index contributed by atoms with van der Waals surface area (Å²) in [6.45, 7) is 19.5. The minimum atomic E-state index is -1.96. The normalized spacial score (nSPS) is 30.8. The van der Waals surface area contributed by atoms with Crippen molar-refractivity contribution in [2.75, 3.05) is 32.1 Å². The highest BCUT2D eigenvalue weighted by Gasteiger charge is 2.50. The molecule has 2 aromatic carbocycles. The fraction of sp³-hybridized carbons (Fsp3) is 0.587. The number of nitrogens with zero attached hydrogens (tertiary/aromatic N) is 3. The Bertz CT molecular complexity index is 2300. The highest BCUT2D eigenvalue weighted by Crippen LogP contribution is 2.50. The SMILES string of the molecule is CO[C@@H]1C=CO[C@@]2(C)Oc3c(C)c(O)c4c(O)c(c5c(c4c3C2=O)=NC2(CCN(CC(C)C)CC2)N=5)NC(=O)C(C)=CC=C[C@H](C)[C@H](O)[C@@H](C)[C@@H](O)[C@@H](C)[C@H](OC(C)=O)[C@H]1C. The number of likely N-dealkylation sites (tertiary alicyclic amines) is 1. The second kappa shape index (κ2) is 17.5. The van der Waals surface area contributed by atoms with Crippen molar-refractivity contribution in [3.05, 3.63) is 58.0 Å². The molecule has 15 heteroatoms. The minimum absolute atomic E-state index is 0.0364. The van der Waals surface area contributed by atoms with Crippen LogP contribution in [-0.4, -0.2) is 106 Å². The standard InChI is InChI=1S/C46H62N4O11/c1-22(2)21-50-18-16-46(17-19-50)48-34-31-32-39(54)28(8)42-33(31)43(56)45(10,61-42)59-20-15-30(58-11)25(5)41(60-29(9)51)27(7)38(53)26(6)37(52)23(3)13-12-14-24(4)44(57)47-36(40(32)55)35(34)49-46/h12-15,20,22-23,25-27,30,37-38,41,52-55H,16-19,21H2,1-11H3,(H,47,57)/t23-,25-,26+,27+,30+,37-,38+,41+,45-/m0/s1. The molecule has 61 heavy (non-hydrogen) atoms. The summed E-state index contributed by atoms with van der Waals surface area (Å²) in [6.07, 6.45) is 5.04. The maximum atomic E-state index is 14.7. The van der Waals surface area contributed by atoms with Crippen molar-refractivity contribution in [2.24, 2.45) is 39.6 Å². The summed E-state index contributed by atoms with van der Waals surface area (Å²) in [4.78, 5) is 53.7. The van der Waals surface area contributed by atoms with E-state index in [1.165, 1.54) is 27.2 Å². The van der Waals surface area contributed by atoms with Crippen LogP contribution in [-0.2, 0) is 23.8 Å². The predicted octanol–water partition coefficient (Wildman–Crippen LogP) is 4.75. The molecule has 15 nitrogen and oxygen atoms in total. The van der Waals surface area contributed by atoms with Crippen LogP contribution in [0.25, 0.3) is 10.8 Å². The van der Waals surface area contributed by atoms with Gasteiger partial charge in [0, 0.05) is 93.6 Å². The number of esters is 1. The number of methoxy groups -OCH3 is 1. The van der Waals surface area contributed by atoms with Crippen molar-refractivity contribution in [1.29, 1.82) is 0 Å². The van der Waals surface area contributed by atoms with E-state index in [1.54, 1.807) is 65.8 Å². The number of allylic oxidation sites excluding steroid dienone is 2. The van der Waals surface area contributed by atoms with Crippen LogP contribution in [0.5, 0.6) is 17.2 Å². The summed E-state index contributed by atoms with van der Waals surface area (Å²) in [5, 5.41) is 50.2. The van der Waals surface area contributed by atoms with Gasteiger partial charge in [-0.15, -0.1) is 0 Å². The van der Waals surface area contributed by atoms with Gasteiger partial charge in [0.1, 0.15) is 28.6 Å². The fourth-order valence-electron chi connectivity index (χ4n) is 9.20. The third-order valence-corrected chi connectivity index (χ3v) is 12.9. The third kappa shape index (κ3) is 8.54. The number of Topliss-reactive ketones (excluding diaryl/α,β-unsaturated/α-hetero) is 1. The van der Waals surface area contributed by atoms with E-state index < -0.39 is 82.9 Å². The first-order valence-corrected chi connectivity index (χ1v) is 21.2. The molecule has 332 valence electrons. The van der Waals surface area contributed by atoms with Gasteiger partial charge in [-0.05, 0) is 25.8 Å². The molecule has 1 saturated heterocycles. The first-order valence-electron chi connectivity index (χ1n) is 21.2. The van der Waals surface area contributed by atoms with E-state index in [0.29, 0.717) is 31.8 Å². The van der Waals surface area contributed by atoms with E-state index in [1.807, 2.05) is 0 Å². The Morgan fingerprint density at radius 3 is 2.25 bits per heavy atom. The number of aliphatic hydroxyl groups is 2. The largest absolute Gasteiger partial charge is 0.507 e. The Hall–Kier alpha value is -4.83. The maximum absolute atomic E-state index is 14.7. The van der Waals surface area contributed by atoms with Crippen molar-refractivity contribution in [2.45, 2.75) is 118 Å². The number of rotatable bonds is 4. The topological polar surface area (TPSA) is 209 Å². The van der Waals surface area contributed by atoms with Gasteiger partial charge in [-0.3, -0.25) is 24.4 Å². The Morgan fingerprint density at radius 2 is 1.62 bits per heavy atom. The lowest BCUT2D eigenvalue weighted by Crippen LogP contribution is -2.46. The number of aromatic hydroxyl groups is 2. The number of phenolic OH excluding ortho intramolecular Hbond substituents is 2. The number of benzene rings is 2. The van der Waals surface area contributed by atoms with Crippen molar-refractivity contribution in [1.82, 2.24) is 4.90 Å². The molecular weight excluding hydrogens is 785 g/mol. The number of nitrogens with one attached hydrogen (secondary N) is 1. The number of phenols is 2. The van der Waals surface area contributed by atoms with Gasteiger partial charge in [0.2, 0.25) is 0 Å². The van der Waals surface area contributed by atoms with Crippen molar-refractivity contribution in [3.63, 3.8) is 0 Å². The molecule has 4 heterocycles. The Kier molecular flexibility index (Phi) is 13.1. The van der Waals surface area contributed by atoms with Gasteiger partial charge in [0.25, 0.3) is 11.7 Å². The predicted molar refractivity (Wildman–Crippen MR) is 228 cm³/mol. The van der Waals surface area contributed by atoms with Gasteiger partial charge >= 0.3 is 11.8 Å². The number of ketones is 1. The molecule has 1 spiro atoms. The summed E-state index contributed by atoms with van der Waals surface area (Å²) in [5.74, 6) is -6.44. The van der Waals surface area contributed by atoms with Crippen LogP contribution in [0.4, 0.5) is 5.69 Å². The van der Waals surface area contributed by atoms with Crippen LogP contribution in [0.1, 0.15) is 91.1 Å². The zero-order chi connectivity index (χ0) is 44.9. The average molecular weight is 847 g/mol. The Labute approximate surface area is 356 Å². The smallest absolute Gasteiger partial charge is 0.312 e. The van der Waals surface area contributed by atoms with E-state index in [2.05, 4.69) is 24.1 Å². The molecule has 2 aromatic rings. The lowest BCUT2D eigenvalue weighted by molar-refractivity contribution is -0.160. The number of ether oxygens (including phenoxy) is 4. The number of anilines is 1. The lowest BCUT2D eigenvalue weighted by Gasteiger charge is -2.38. The first kappa shape index (κ1) is 45.7. The second-order valence-electron chi connectivity index (χ2n) is 18.0. The molecule has 1 fully saturated rings. The monoisotopic (exact) mass is 846 g/mol. The number of fused-ring (bicyclic) bond motifs is 1. The zero-order valence-electron chi connectivity index (χ0n) is 37.1. The number of aliphatic hydroxyl groups excluding tert-OH is 2. The number of carbonyl (C=O) groups is 3. The minimum Gasteiger partial charge on any atom is -0.507 e. The highest BCUT2D eigenvalue weighted by atomic mass is 16.7. The lowest BCUT2D eigenvalue weighted by atomic mass is 9.78. The van der Waals surface area contributed by atoms with Gasteiger partial charge in [-0.2, -0.15) is 0 Å². The fourth-order valence-corrected chi connectivity index (χ4v) is 9.20. The quantitative estimate of drug-likeness (QED) is 0.209. The first-order chi connectivity index (χ1) is 28.6. The highest BCUT2D eigenvalue weighted by molar-refractivity contribution is 6.19. The summed E-state index contributed by atoms with van der Waals surface area (Å²) in [7, 11) is 1.47. The molecule has 4 bridgehead atoms. The Morgan fingerprint density at radius 1 is 0.967 bits per heavy atom. The van der Waals surface area contributed by atoms with Crippen LogP contribution in [0, 0.1) is 36.5 Å². The molecule has 0 saturated carbocycles. The average Bonchev–Trinajstić information content (AvgIpc) is 3.71. The number of amides is 1. The number of hydrogen-bond donors (Lipinski definition) is 5. The van der Waals surface area contributed by atoms with Gasteiger partial charge in [0.05, 0.1) is 40.9 Å². The molecule has 4 aliphatic heterocycles. The summed E-state index contributed by atoms with van der Waals surface area (Å²) < 4.78 is 24.0. The molecule has 9 atom stereocenters. The zero-order valence-corrected chi connectivity index (χ0v) is 37.1. The molecule has 1 amide bonds. The van der Waals surface area contributed by atoms with E-state index in [0.717, 1.165) is 6.54 Å².